The van der Waals surface area contributed by atoms with Gasteiger partial charge >= 0.3 is 0 Å². The van der Waals surface area contributed by atoms with Crippen molar-refractivity contribution in [3.05, 3.63) is 53.1 Å². The van der Waals surface area contributed by atoms with Crippen LogP contribution in [0.5, 0.6) is 5.75 Å². The summed E-state index contributed by atoms with van der Waals surface area (Å²) in [5, 5.41) is 3.28. The van der Waals surface area contributed by atoms with E-state index in [1.807, 2.05) is 7.05 Å². The zero-order valence-electron chi connectivity index (χ0n) is 12.9. The molecule has 0 aliphatic rings. The molecule has 0 aromatic heterocycles. The molecule has 0 amide bonds. The van der Waals surface area contributed by atoms with Crippen LogP contribution in [0.25, 0.3) is 11.1 Å². The molecular weight excluding hydrogens is 246 g/mol. The zero-order valence-corrected chi connectivity index (χ0v) is 12.9. The Balaban J connectivity index is 2.57. The highest BCUT2D eigenvalue weighted by atomic mass is 16.5. The van der Waals surface area contributed by atoms with Gasteiger partial charge in [0.25, 0.3) is 0 Å². The average molecular weight is 269 g/mol. The summed E-state index contributed by atoms with van der Waals surface area (Å²) >= 11 is 0. The lowest BCUT2D eigenvalue weighted by Gasteiger charge is -2.16. The summed E-state index contributed by atoms with van der Waals surface area (Å²) in [4.78, 5) is 0. The van der Waals surface area contributed by atoms with Crippen LogP contribution in [0.3, 0.4) is 0 Å². The van der Waals surface area contributed by atoms with Crippen molar-refractivity contribution in [3.63, 3.8) is 0 Å². The van der Waals surface area contributed by atoms with Gasteiger partial charge in [-0.15, -0.1) is 0 Å². The first-order chi connectivity index (χ1) is 9.56. The van der Waals surface area contributed by atoms with Crippen LogP contribution >= 0.6 is 0 Å². The molecule has 0 fully saturated rings. The van der Waals surface area contributed by atoms with E-state index in [4.69, 9.17) is 4.74 Å². The second-order valence-corrected chi connectivity index (χ2v) is 5.29. The van der Waals surface area contributed by atoms with E-state index in [0.29, 0.717) is 6.04 Å². The Kier molecular flexibility index (Phi) is 4.46. The van der Waals surface area contributed by atoms with Crippen LogP contribution in [0.15, 0.2) is 36.4 Å². The minimum atomic E-state index is 0.340. The molecule has 20 heavy (non-hydrogen) atoms. The van der Waals surface area contributed by atoms with Crippen LogP contribution in [0.1, 0.15) is 29.7 Å². The Morgan fingerprint density at radius 2 is 1.85 bits per heavy atom. The van der Waals surface area contributed by atoms with E-state index in [-0.39, 0.29) is 0 Å². The number of nitrogens with one attached hydrogen (secondary N) is 1. The highest BCUT2D eigenvalue weighted by molar-refractivity contribution is 5.75. The SMILES string of the molecule is CNC(C)c1cccc(-c2c(C)cc(C)cc2OC)c1. The number of methoxy groups -OCH3 is 1. The number of ether oxygens (including phenoxy) is 1. The average Bonchev–Trinajstić information content (AvgIpc) is 2.45. The predicted molar refractivity (Wildman–Crippen MR) is 85.4 cm³/mol. The molecule has 0 saturated heterocycles. The molecule has 1 atom stereocenters. The van der Waals surface area contributed by atoms with Gasteiger partial charge in [-0.1, -0.05) is 24.3 Å². The lowest BCUT2D eigenvalue weighted by atomic mass is 9.95. The molecule has 0 heterocycles. The van der Waals surface area contributed by atoms with Crippen molar-refractivity contribution in [1.29, 1.82) is 0 Å². The molecule has 2 nitrogen and oxygen atoms in total. The number of aryl methyl sites for hydroxylation is 2. The van der Waals surface area contributed by atoms with E-state index in [2.05, 4.69) is 62.5 Å². The van der Waals surface area contributed by atoms with Gasteiger partial charge in [0.1, 0.15) is 5.75 Å². The van der Waals surface area contributed by atoms with Gasteiger partial charge in [-0.25, -0.2) is 0 Å². The third-order valence-electron chi connectivity index (χ3n) is 3.77. The fourth-order valence-electron chi connectivity index (χ4n) is 2.59. The molecule has 1 N–H and O–H groups in total. The summed E-state index contributed by atoms with van der Waals surface area (Å²) in [7, 11) is 3.72. The Labute approximate surface area is 121 Å². The van der Waals surface area contributed by atoms with Crippen molar-refractivity contribution in [2.75, 3.05) is 14.2 Å². The molecule has 2 rings (SSSR count). The molecule has 0 saturated carbocycles. The highest BCUT2D eigenvalue weighted by Gasteiger charge is 2.12. The molecule has 0 radical (unpaired) electrons. The standard InChI is InChI=1S/C18H23NO/c1-12-9-13(2)18(17(10-12)20-5)16-8-6-7-15(11-16)14(3)19-4/h6-11,14,19H,1-5H3. The lowest BCUT2D eigenvalue weighted by Crippen LogP contribution is -2.12. The smallest absolute Gasteiger partial charge is 0.127 e. The molecular formula is C18H23NO. The summed E-state index contributed by atoms with van der Waals surface area (Å²) < 4.78 is 5.57. The quantitative estimate of drug-likeness (QED) is 0.895. The van der Waals surface area contributed by atoms with E-state index in [1.165, 1.54) is 27.8 Å². The highest BCUT2D eigenvalue weighted by Crippen LogP contribution is 2.35. The fourth-order valence-corrected chi connectivity index (χ4v) is 2.59. The maximum absolute atomic E-state index is 5.57. The number of hydrogen-bond donors (Lipinski definition) is 1. The fraction of sp³-hybridized carbons (Fsp3) is 0.333. The first-order valence-electron chi connectivity index (χ1n) is 6.99. The molecule has 1 unspecified atom stereocenters. The summed E-state index contributed by atoms with van der Waals surface area (Å²) in [6, 6.07) is 13.3. The van der Waals surface area contributed by atoms with Crippen molar-refractivity contribution in [1.82, 2.24) is 5.32 Å². The van der Waals surface area contributed by atoms with Crippen molar-refractivity contribution in [2.24, 2.45) is 0 Å². The van der Waals surface area contributed by atoms with Crippen LogP contribution < -0.4 is 10.1 Å². The van der Waals surface area contributed by atoms with Crippen LogP contribution in [0, 0.1) is 13.8 Å². The first kappa shape index (κ1) is 14.6. The minimum Gasteiger partial charge on any atom is -0.496 e. The summed E-state index contributed by atoms with van der Waals surface area (Å²) in [6.07, 6.45) is 0. The van der Waals surface area contributed by atoms with Gasteiger partial charge in [0.2, 0.25) is 0 Å². The number of hydrogen-bond acceptors (Lipinski definition) is 2. The Morgan fingerprint density at radius 3 is 2.50 bits per heavy atom. The van der Waals surface area contributed by atoms with Gasteiger partial charge in [0.15, 0.2) is 0 Å². The maximum Gasteiger partial charge on any atom is 0.127 e. The Bertz CT molecular complexity index is 604. The van der Waals surface area contributed by atoms with E-state index in [1.54, 1.807) is 7.11 Å². The normalized spacial score (nSPS) is 12.2. The van der Waals surface area contributed by atoms with Gasteiger partial charge in [-0.3, -0.25) is 0 Å². The second-order valence-electron chi connectivity index (χ2n) is 5.29. The molecule has 0 spiro atoms. The monoisotopic (exact) mass is 269 g/mol. The van der Waals surface area contributed by atoms with E-state index < -0.39 is 0 Å². The van der Waals surface area contributed by atoms with Crippen LogP contribution in [-0.2, 0) is 0 Å². The minimum absolute atomic E-state index is 0.340. The summed E-state index contributed by atoms with van der Waals surface area (Å²) in [5.41, 5.74) is 6.15. The molecule has 2 heteroatoms. The van der Waals surface area contributed by atoms with Crippen molar-refractivity contribution >= 4 is 0 Å². The molecule has 0 aliphatic carbocycles. The topological polar surface area (TPSA) is 21.3 Å². The third-order valence-corrected chi connectivity index (χ3v) is 3.77. The molecule has 0 aliphatic heterocycles. The largest absolute Gasteiger partial charge is 0.496 e. The van der Waals surface area contributed by atoms with Crippen molar-refractivity contribution in [3.8, 4) is 16.9 Å². The predicted octanol–water partition coefficient (Wildman–Crippen LogP) is 4.26. The van der Waals surface area contributed by atoms with Crippen LogP contribution in [-0.4, -0.2) is 14.2 Å². The third kappa shape index (κ3) is 2.86. The van der Waals surface area contributed by atoms with Crippen LogP contribution in [0.4, 0.5) is 0 Å². The summed E-state index contributed by atoms with van der Waals surface area (Å²) in [5.74, 6) is 0.941. The van der Waals surface area contributed by atoms with Gasteiger partial charge < -0.3 is 10.1 Å². The maximum atomic E-state index is 5.57. The Morgan fingerprint density at radius 1 is 1.10 bits per heavy atom. The lowest BCUT2D eigenvalue weighted by molar-refractivity contribution is 0.416. The number of benzene rings is 2. The van der Waals surface area contributed by atoms with Crippen molar-refractivity contribution < 1.29 is 4.74 Å². The first-order valence-corrected chi connectivity index (χ1v) is 6.99. The van der Waals surface area contributed by atoms with E-state index in [9.17, 15) is 0 Å². The molecule has 2 aromatic rings. The second kappa shape index (κ2) is 6.10. The van der Waals surface area contributed by atoms with Gasteiger partial charge in [0, 0.05) is 11.6 Å². The van der Waals surface area contributed by atoms with Gasteiger partial charge in [0.05, 0.1) is 7.11 Å². The zero-order chi connectivity index (χ0) is 14.7. The van der Waals surface area contributed by atoms with Gasteiger partial charge in [-0.2, -0.15) is 0 Å². The van der Waals surface area contributed by atoms with Crippen molar-refractivity contribution in [2.45, 2.75) is 26.8 Å². The number of rotatable bonds is 4. The Hall–Kier alpha value is -1.80. The van der Waals surface area contributed by atoms with E-state index in [0.717, 1.165) is 5.75 Å². The van der Waals surface area contributed by atoms with E-state index >= 15 is 0 Å². The molecule has 2 aromatic carbocycles. The van der Waals surface area contributed by atoms with Crippen LogP contribution in [0.2, 0.25) is 0 Å². The molecule has 0 bridgehead atoms. The summed E-state index contributed by atoms with van der Waals surface area (Å²) in [6.45, 7) is 6.40. The van der Waals surface area contributed by atoms with Gasteiger partial charge in [-0.05, 0) is 62.2 Å². The molecule has 106 valence electrons.